The van der Waals surface area contributed by atoms with Gasteiger partial charge in [-0.15, -0.1) is 0 Å². The van der Waals surface area contributed by atoms with Crippen LogP contribution in [-0.4, -0.2) is 80.8 Å². The first-order valence-corrected chi connectivity index (χ1v) is 20.9. The highest BCUT2D eigenvalue weighted by atomic mass is 15.2. The van der Waals surface area contributed by atoms with Crippen molar-refractivity contribution in [3.8, 4) is 0 Å². The Morgan fingerprint density at radius 2 is 0.844 bits per heavy atom. The van der Waals surface area contributed by atoms with Crippen LogP contribution in [0.15, 0.2) is 0 Å². The van der Waals surface area contributed by atoms with Gasteiger partial charge in [0.25, 0.3) is 0 Å². The van der Waals surface area contributed by atoms with Gasteiger partial charge in [-0.3, -0.25) is 4.90 Å². The van der Waals surface area contributed by atoms with Crippen molar-refractivity contribution in [3.05, 3.63) is 0 Å². The van der Waals surface area contributed by atoms with Crippen molar-refractivity contribution in [2.45, 2.75) is 195 Å². The van der Waals surface area contributed by atoms with Crippen molar-refractivity contribution in [1.82, 2.24) is 20.0 Å². The summed E-state index contributed by atoms with van der Waals surface area (Å²) in [5.74, 6) is 0.860. The van der Waals surface area contributed by atoms with Crippen LogP contribution in [0.5, 0.6) is 0 Å². The van der Waals surface area contributed by atoms with E-state index < -0.39 is 0 Å². The van der Waals surface area contributed by atoms with Crippen molar-refractivity contribution in [2.24, 2.45) is 5.92 Å². The van der Waals surface area contributed by atoms with Crippen LogP contribution in [0, 0.1) is 5.92 Å². The number of hydrogen-bond acceptors (Lipinski definition) is 4. The molecule has 0 radical (unpaired) electrons. The number of hydrogen-bond donors (Lipinski definition) is 1. The van der Waals surface area contributed by atoms with E-state index in [1.54, 1.807) is 0 Å². The van der Waals surface area contributed by atoms with Gasteiger partial charge in [-0.1, -0.05) is 163 Å². The summed E-state index contributed by atoms with van der Waals surface area (Å²) in [6.45, 7) is 22.7. The van der Waals surface area contributed by atoms with E-state index in [0.717, 1.165) is 12.6 Å². The van der Waals surface area contributed by atoms with Gasteiger partial charge in [-0.05, 0) is 84.3 Å². The normalized spacial score (nSPS) is 12.7. The molecule has 45 heavy (non-hydrogen) atoms. The summed E-state index contributed by atoms with van der Waals surface area (Å²) in [5.41, 5.74) is 0. The highest BCUT2D eigenvalue weighted by molar-refractivity contribution is 4.67. The summed E-state index contributed by atoms with van der Waals surface area (Å²) in [4.78, 5) is 8.00. The summed E-state index contributed by atoms with van der Waals surface area (Å²) in [5, 5.41) is 3.72. The van der Waals surface area contributed by atoms with Crippen molar-refractivity contribution >= 4 is 0 Å². The van der Waals surface area contributed by atoms with Crippen LogP contribution in [0.25, 0.3) is 0 Å². The Kier molecular flexibility index (Phi) is 36.5. The molecule has 0 bridgehead atoms. The second kappa shape index (κ2) is 36.7. The smallest absolute Gasteiger partial charge is 0.0478 e. The van der Waals surface area contributed by atoms with E-state index in [9.17, 15) is 0 Å². The second-order valence-corrected chi connectivity index (χ2v) is 14.8. The fourth-order valence-corrected chi connectivity index (χ4v) is 6.75. The lowest BCUT2D eigenvalue weighted by molar-refractivity contribution is 0.190. The van der Waals surface area contributed by atoms with Crippen molar-refractivity contribution in [2.75, 3.05) is 66.1 Å². The monoisotopic (exact) mass is 637 g/mol. The van der Waals surface area contributed by atoms with E-state index in [1.165, 1.54) is 213 Å². The number of rotatable bonds is 38. The lowest BCUT2D eigenvalue weighted by Crippen LogP contribution is -2.39. The van der Waals surface area contributed by atoms with Crippen LogP contribution in [0.3, 0.4) is 0 Å². The Morgan fingerprint density at radius 1 is 0.400 bits per heavy atom. The number of nitrogens with one attached hydrogen (secondary N) is 1. The summed E-state index contributed by atoms with van der Waals surface area (Å²) >= 11 is 0. The van der Waals surface area contributed by atoms with Gasteiger partial charge in [0.05, 0.1) is 0 Å². The van der Waals surface area contributed by atoms with Crippen molar-refractivity contribution < 1.29 is 0 Å². The highest BCUT2D eigenvalue weighted by Gasteiger charge is 2.11. The Bertz CT molecular complexity index is 536. The molecule has 0 aromatic heterocycles. The largest absolute Gasteiger partial charge is 0.304 e. The van der Waals surface area contributed by atoms with Crippen molar-refractivity contribution in [1.29, 1.82) is 0 Å². The Labute approximate surface area is 286 Å². The maximum atomic E-state index is 3.72. The first-order valence-electron chi connectivity index (χ1n) is 20.9. The molecule has 0 amide bonds. The Balaban J connectivity index is 4.22. The molecule has 4 nitrogen and oxygen atoms in total. The number of likely N-dealkylation sites (N-methyl/N-ethyl adjacent to an activating group) is 1. The Morgan fingerprint density at radius 3 is 1.33 bits per heavy atom. The van der Waals surface area contributed by atoms with Gasteiger partial charge >= 0.3 is 0 Å². The molecule has 0 rings (SSSR count). The predicted molar refractivity (Wildman–Crippen MR) is 206 cm³/mol. The minimum absolute atomic E-state index is 0.860. The zero-order valence-corrected chi connectivity index (χ0v) is 32.5. The van der Waals surface area contributed by atoms with E-state index in [-0.39, 0.29) is 0 Å². The van der Waals surface area contributed by atoms with E-state index in [0.29, 0.717) is 0 Å². The molecule has 0 aliphatic rings. The minimum Gasteiger partial charge on any atom is -0.304 e. The SMILES string of the molecule is CCCCCCCCCCCCNCN(C)CCN(CCCN(CCC)CCC)CCC(C)CCCCCCCCCCCC. The molecule has 0 spiro atoms. The van der Waals surface area contributed by atoms with Gasteiger partial charge in [0.2, 0.25) is 0 Å². The predicted octanol–water partition coefficient (Wildman–Crippen LogP) is 11.5. The van der Waals surface area contributed by atoms with E-state index in [2.05, 4.69) is 61.7 Å². The number of unbranched alkanes of at least 4 members (excludes halogenated alkanes) is 18. The van der Waals surface area contributed by atoms with Gasteiger partial charge in [-0.2, -0.15) is 0 Å². The van der Waals surface area contributed by atoms with Gasteiger partial charge in [0.1, 0.15) is 0 Å². The molecule has 0 aliphatic carbocycles. The topological polar surface area (TPSA) is 21.8 Å². The molecule has 0 saturated heterocycles. The summed E-state index contributed by atoms with van der Waals surface area (Å²) in [7, 11) is 2.31. The third-order valence-electron chi connectivity index (χ3n) is 9.90. The molecule has 0 heterocycles. The summed E-state index contributed by atoms with van der Waals surface area (Å²) in [6, 6.07) is 0. The van der Waals surface area contributed by atoms with Crippen LogP contribution in [0.1, 0.15) is 195 Å². The number of nitrogens with zero attached hydrogens (tertiary/aromatic N) is 3. The van der Waals surface area contributed by atoms with Crippen LogP contribution >= 0.6 is 0 Å². The lowest BCUT2D eigenvalue weighted by Gasteiger charge is -2.28. The quantitative estimate of drug-likeness (QED) is 0.0537. The van der Waals surface area contributed by atoms with Gasteiger partial charge < -0.3 is 15.1 Å². The molecule has 0 saturated carbocycles. The average Bonchev–Trinajstić information content (AvgIpc) is 3.03. The van der Waals surface area contributed by atoms with Crippen LogP contribution < -0.4 is 5.32 Å². The average molecular weight is 637 g/mol. The van der Waals surface area contributed by atoms with Crippen LogP contribution in [-0.2, 0) is 0 Å². The first kappa shape index (κ1) is 44.8. The molecular formula is C41H88N4. The highest BCUT2D eigenvalue weighted by Crippen LogP contribution is 2.17. The maximum Gasteiger partial charge on any atom is 0.0478 e. The third-order valence-corrected chi connectivity index (χ3v) is 9.90. The summed E-state index contributed by atoms with van der Waals surface area (Å²) < 4.78 is 0. The van der Waals surface area contributed by atoms with E-state index in [1.807, 2.05) is 0 Å². The van der Waals surface area contributed by atoms with Crippen LogP contribution in [0.4, 0.5) is 0 Å². The molecule has 1 N–H and O–H groups in total. The second-order valence-electron chi connectivity index (χ2n) is 14.8. The van der Waals surface area contributed by atoms with Gasteiger partial charge in [0, 0.05) is 19.8 Å². The van der Waals surface area contributed by atoms with Gasteiger partial charge in [0.15, 0.2) is 0 Å². The van der Waals surface area contributed by atoms with E-state index >= 15 is 0 Å². The molecule has 1 atom stereocenters. The van der Waals surface area contributed by atoms with E-state index in [4.69, 9.17) is 0 Å². The fraction of sp³-hybridized carbons (Fsp3) is 1.00. The molecule has 0 aliphatic heterocycles. The fourth-order valence-electron chi connectivity index (χ4n) is 6.75. The third kappa shape index (κ3) is 33.5. The first-order chi connectivity index (χ1) is 22.1. The van der Waals surface area contributed by atoms with Crippen molar-refractivity contribution in [3.63, 3.8) is 0 Å². The zero-order chi connectivity index (χ0) is 33.1. The summed E-state index contributed by atoms with van der Waals surface area (Å²) in [6.07, 6.45) is 35.3. The minimum atomic E-state index is 0.860. The lowest BCUT2D eigenvalue weighted by atomic mass is 9.98. The molecular weight excluding hydrogens is 548 g/mol. The molecule has 0 aromatic rings. The standard InChI is InChI=1S/C41H88N4/c1-7-11-13-15-17-19-21-23-25-27-30-41(5)31-37-45(36-29-35-44(33-9-3)34-10-4)39-38-43(6)40-42-32-28-26-24-22-20-18-16-14-12-8-2/h41-42H,7-40H2,1-6H3. The maximum absolute atomic E-state index is 3.72. The molecule has 272 valence electrons. The van der Waals surface area contributed by atoms with Crippen LogP contribution in [0.2, 0.25) is 0 Å². The molecule has 0 aromatic carbocycles. The van der Waals surface area contributed by atoms with Gasteiger partial charge in [-0.25, -0.2) is 0 Å². The molecule has 1 unspecified atom stereocenters. The zero-order valence-electron chi connectivity index (χ0n) is 32.5. The Hall–Kier alpha value is -0.160. The molecule has 4 heteroatoms. The molecule has 0 fully saturated rings.